The third-order valence-corrected chi connectivity index (χ3v) is 3.64. The molecule has 3 rings (SSSR count). The fourth-order valence-electron chi connectivity index (χ4n) is 2.51. The molecule has 1 fully saturated rings. The van der Waals surface area contributed by atoms with Crippen LogP contribution in [0, 0.1) is 0 Å². The average molecular weight is 297 g/mol. The summed E-state index contributed by atoms with van der Waals surface area (Å²) in [6, 6.07) is 0. The van der Waals surface area contributed by atoms with Crippen LogP contribution in [0.25, 0.3) is 5.78 Å². The van der Waals surface area contributed by atoms with Crippen molar-refractivity contribution in [2.75, 3.05) is 12.3 Å². The highest BCUT2D eigenvalue weighted by Gasteiger charge is 2.53. The van der Waals surface area contributed by atoms with Crippen LogP contribution >= 0.6 is 0 Å². The number of aliphatic hydroxyl groups is 3. The van der Waals surface area contributed by atoms with Gasteiger partial charge >= 0.3 is 5.69 Å². The molecule has 114 valence electrons. The van der Waals surface area contributed by atoms with Crippen LogP contribution < -0.4 is 11.4 Å². The molecule has 0 saturated carbocycles. The van der Waals surface area contributed by atoms with Crippen LogP contribution in [0.3, 0.4) is 0 Å². The number of ether oxygens (including phenoxy) is 1. The first-order chi connectivity index (χ1) is 9.86. The van der Waals surface area contributed by atoms with Crippen molar-refractivity contribution in [3.8, 4) is 0 Å². The van der Waals surface area contributed by atoms with Crippen molar-refractivity contribution < 1.29 is 20.1 Å². The second-order valence-electron chi connectivity index (χ2n) is 5.12. The minimum atomic E-state index is -1.68. The number of anilines is 1. The number of fused-ring (bicyclic) bond motifs is 1. The van der Waals surface area contributed by atoms with E-state index in [9.17, 15) is 20.1 Å². The number of imidazole rings is 1. The molecule has 4 atom stereocenters. The Hall–Kier alpha value is -2.01. The van der Waals surface area contributed by atoms with Crippen molar-refractivity contribution in [2.24, 2.45) is 0 Å². The van der Waals surface area contributed by atoms with E-state index in [0.717, 1.165) is 4.40 Å². The molecule has 0 spiro atoms. The molecule has 3 heterocycles. The second-order valence-corrected chi connectivity index (χ2v) is 5.12. The Morgan fingerprint density at radius 2 is 2.19 bits per heavy atom. The van der Waals surface area contributed by atoms with Gasteiger partial charge in [-0.3, -0.25) is 4.57 Å². The molecular weight excluding hydrogens is 282 g/mol. The molecule has 21 heavy (non-hydrogen) atoms. The zero-order valence-electron chi connectivity index (χ0n) is 11.1. The summed E-state index contributed by atoms with van der Waals surface area (Å²) in [5.41, 5.74) is 3.16. The van der Waals surface area contributed by atoms with Gasteiger partial charge in [-0.15, -0.1) is 0 Å². The third-order valence-electron chi connectivity index (χ3n) is 3.64. The number of nitrogens with zero attached hydrogens (tertiary/aromatic N) is 4. The minimum absolute atomic E-state index is 0.114. The summed E-state index contributed by atoms with van der Waals surface area (Å²) >= 11 is 0. The quantitative estimate of drug-likeness (QED) is 0.474. The van der Waals surface area contributed by atoms with Gasteiger partial charge < -0.3 is 25.8 Å². The summed E-state index contributed by atoms with van der Waals surface area (Å²) in [5.74, 6) is -0.0968. The molecule has 1 unspecified atom stereocenters. The highest BCUT2D eigenvalue weighted by Crippen LogP contribution is 2.38. The van der Waals surface area contributed by atoms with E-state index in [0.29, 0.717) is 0 Å². The minimum Gasteiger partial charge on any atom is -0.394 e. The number of hydrogen-bond donors (Lipinski definition) is 4. The molecule has 0 radical (unpaired) electrons. The SMILES string of the molecule is C[C@]1(O)C(O)[C@@H](CO)O[C@H]1n1ccn2c(=O)nc(N)nc12. The lowest BCUT2D eigenvalue weighted by atomic mass is 9.97. The monoisotopic (exact) mass is 297 g/mol. The first-order valence-electron chi connectivity index (χ1n) is 6.25. The van der Waals surface area contributed by atoms with Crippen LogP contribution in [0.2, 0.25) is 0 Å². The van der Waals surface area contributed by atoms with Crippen molar-refractivity contribution in [1.29, 1.82) is 0 Å². The maximum absolute atomic E-state index is 11.7. The highest BCUT2D eigenvalue weighted by molar-refractivity contribution is 5.35. The van der Waals surface area contributed by atoms with Gasteiger partial charge in [0.2, 0.25) is 11.7 Å². The number of nitrogen functional groups attached to an aromatic ring is 1. The molecule has 10 heteroatoms. The molecule has 2 aromatic rings. The molecule has 10 nitrogen and oxygen atoms in total. The highest BCUT2D eigenvalue weighted by atomic mass is 16.6. The lowest BCUT2D eigenvalue weighted by Gasteiger charge is -2.27. The van der Waals surface area contributed by atoms with Crippen molar-refractivity contribution in [2.45, 2.75) is 31.0 Å². The molecule has 0 amide bonds. The summed E-state index contributed by atoms with van der Waals surface area (Å²) in [6.07, 6.45) is -0.423. The normalized spacial score (nSPS) is 32.9. The van der Waals surface area contributed by atoms with Crippen LogP contribution in [0.15, 0.2) is 17.2 Å². The smallest absolute Gasteiger partial charge is 0.357 e. The predicted molar refractivity (Wildman–Crippen MR) is 69.3 cm³/mol. The first kappa shape index (κ1) is 13.9. The van der Waals surface area contributed by atoms with E-state index >= 15 is 0 Å². The zero-order valence-corrected chi connectivity index (χ0v) is 11.1. The topological polar surface area (TPSA) is 148 Å². The van der Waals surface area contributed by atoms with Crippen LogP contribution in [0.4, 0.5) is 5.95 Å². The lowest BCUT2D eigenvalue weighted by Crippen LogP contribution is -2.44. The van der Waals surface area contributed by atoms with Crippen molar-refractivity contribution in [1.82, 2.24) is 18.9 Å². The van der Waals surface area contributed by atoms with E-state index < -0.39 is 36.3 Å². The largest absolute Gasteiger partial charge is 0.394 e. The third kappa shape index (κ3) is 1.92. The van der Waals surface area contributed by atoms with Gasteiger partial charge in [-0.1, -0.05) is 0 Å². The van der Waals surface area contributed by atoms with Crippen molar-refractivity contribution >= 4 is 11.7 Å². The van der Waals surface area contributed by atoms with Gasteiger partial charge in [-0.25, -0.2) is 9.20 Å². The zero-order chi connectivity index (χ0) is 15.4. The predicted octanol–water partition coefficient (Wildman–Crippen LogP) is -2.53. The molecule has 5 N–H and O–H groups in total. The molecule has 1 saturated heterocycles. The maximum atomic E-state index is 11.7. The van der Waals surface area contributed by atoms with Gasteiger partial charge in [-0.2, -0.15) is 9.97 Å². The van der Waals surface area contributed by atoms with Crippen molar-refractivity contribution in [3.63, 3.8) is 0 Å². The Balaban J connectivity index is 2.15. The van der Waals surface area contributed by atoms with E-state index in [1.165, 1.54) is 23.9 Å². The van der Waals surface area contributed by atoms with Gasteiger partial charge in [0.05, 0.1) is 6.61 Å². The summed E-state index contributed by atoms with van der Waals surface area (Å²) in [6.45, 7) is 0.918. The van der Waals surface area contributed by atoms with Gasteiger partial charge in [0, 0.05) is 12.4 Å². The summed E-state index contributed by atoms with van der Waals surface area (Å²) in [7, 11) is 0. The molecule has 0 aliphatic carbocycles. The van der Waals surface area contributed by atoms with Crippen molar-refractivity contribution in [3.05, 3.63) is 22.9 Å². The summed E-state index contributed by atoms with van der Waals surface area (Å²) in [5, 5.41) is 29.6. The Bertz CT molecular complexity index is 738. The Labute approximate surface area is 118 Å². The maximum Gasteiger partial charge on any atom is 0.357 e. The molecule has 1 aliphatic heterocycles. The standard InChI is InChI=1S/C11H15N5O5/c1-11(20)6(18)5(4-17)21-7(11)15-2-3-16-9(15)13-8(12)14-10(16)19/h2-3,5-7,17-18,20H,4H2,1H3,(H2,12,14,19)/t5-,6?,7-,11+/m1/s1. The number of rotatable bonds is 2. The van der Waals surface area contributed by atoms with Crippen LogP contribution in [0.5, 0.6) is 0 Å². The molecule has 0 aromatic carbocycles. The van der Waals surface area contributed by atoms with E-state index in [-0.39, 0.29) is 11.7 Å². The number of aliphatic hydroxyl groups excluding tert-OH is 2. The number of hydrogen-bond acceptors (Lipinski definition) is 8. The first-order valence-corrected chi connectivity index (χ1v) is 6.25. The van der Waals surface area contributed by atoms with Gasteiger partial charge in [0.1, 0.15) is 17.8 Å². The number of nitrogens with two attached hydrogens (primary N) is 1. The average Bonchev–Trinajstić information content (AvgIpc) is 2.91. The Morgan fingerprint density at radius 3 is 2.81 bits per heavy atom. The Morgan fingerprint density at radius 1 is 1.48 bits per heavy atom. The van der Waals surface area contributed by atoms with E-state index in [1.807, 2.05) is 0 Å². The number of aromatic nitrogens is 4. The fourth-order valence-corrected chi connectivity index (χ4v) is 2.51. The van der Waals surface area contributed by atoms with Crippen LogP contribution in [0.1, 0.15) is 13.2 Å². The molecule has 0 bridgehead atoms. The van der Waals surface area contributed by atoms with E-state index in [1.54, 1.807) is 0 Å². The van der Waals surface area contributed by atoms with Gasteiger partial charge in [-0.05, 0) is 6.92 Å². The summed E-state index contributed by atoms with van der Waals surface area (Å²) < 4.78 is 7.96. The van der Waals surface area contributed by atoms with Gasteiger partial charge in [0.15, 0.2) is 6.23 Å². The van der Waals surface area contributed by atoms with Crippen LogP contribution in [-0.4, -0.2) is 58.7 Å². The van der Waals surface area contributed by atoms with E-state index in [2.05, 4.69) is 9.97 Å². The van der Waals surface area contributed by atoms with Crippen LogP contribution in [-0.2, 0) is 4.74 Å². The molecule has 1 aliphatic rings. The van der Waals surface area contributed by atoms with Gasteiger partial charge in [0.25, 0.3) is 0 Å². The Kier molecular flexibility index (Phi) is 2.99. The second kappa shape index (κ2) is 4.49. The molecule has 2 aromatic heterocycles. The fraction of sp³-hybridized carbons (Fsp3) is 0.545. The molecular formula is C11H15N5O5. The lowest BCUT2D eigenvalue weighted by molar-refractivity contribution is -0.0950. The van der Waals surface area contributed by atoms with E-state index in [4.69, 9.17) is 10.5 Å². The summed E-state index contributed by atoms with van der Waals surface area (Å²) in [4.78, 5) is 19.1.